The van der Waals surface area contributed by atoms with Gasteiger partial charge < -0.3 is 24.0 Å². The first-order valence-electron chi connectivity index (χ1n) is 16.3. The van der Waals surface area contributed by atoms with Crippen molar-refractivity contribution < 1.29 is 14.2 Å². The molecule has 0 aliphatic carbocycles. The standard InChI is InChI=1S/C42H38Cl4N2O3/c1-47(2)30-15-7-26(8-16-30)34(28-11-19-32(49-5)20-12-28)23-42(37-36(25-51-42)38(43)40(45)41(46)39(37)44)24-35(29-13-21-33(50-6)22-14-29)27-9-17-31(18-10-27)48(3)4/h7-24H,25H2,1-6H3. The Morgan fingerprint density at radius 2 is 0.902 bits per heavy atom. The van der Waals surface area contributed by atoms with Crippen LogP contribution in [0.3, 0.4) is 0 Å². The summed E-state index contributed by atoms with van der Waals surface area (Å²) in [6, 6.07) is 32.7. The first kappa shape index (κ1) is 36.7. The molecule has 9 heteroatoms. The van der Waals surface area contributed by atoms with Gasteiger partial charge in [-0.25, -0.2) is 0 Å². The molecule has 262 valence electrons. The third-order valence-electron chi connectivity index (χ3n) is 9.12. The Labute approximate surface area is 320 Å². The second-order valence-corrected chi connectivity index (χ2v) is 14.2. The quantitative estimate of drug-likeness (QED) is 0.105. The molecule has 0 spiro atoms. The summed E-state index contributed by atoms with van der Waals surface area (Å²) in [5.41, 5.74) is 7.85. The van der Waals surface area contributed by atoms with Crippen molar-refractivity contribution in [3.8, 4) is 11.5 Å². The lowest BCUT2D eigenvalue weighted by atomic mass is 9.83. The maximum atomic E-state index is 7.18. The number of benzene rings is 5. The van der Waals surface area contributed by atoms with Crippen molar-refractivity contribution in [2.75, 3.05) is 52.2 Å². The summed E-state index contributed by atoms with van der Waals surface area (Å²) in [5.74, 6) is 1.50. The van der Waals surface area contributed by atoms with Gasteiger partial charge in [0.1, 0.15) is 17.1 Å². The zero-order valence-electron chi connectivity index (χ0n) is 29.2. The number of halogens is 4. The normalized spacial score (nSPS) is 15.8. The summed E-state index contributed by atoms with van der Waals surface area (Å²) in [5, 5.41) is 0.952. The van der Waals surface area contributed by atoms with Crippen LogP contribution in [0.1, 0.15) is 33.4 Å². The van der Waals surface area contributed by atoms with Crippen LogP contribution in [0.4, 0.5) is 11.4 Å². The Bertz CT molecular complexity index is 1980. The molecule has 5 aromatic rings. The molecule has 0 bridgehead atoms. The van der Waals surface area contributed by atoms with E-state index in [1.807, 2.05) is 76.7 Å². The molecule has 1 aliphatic heterocycles. The molecule has 51 heavy (non-hydrogen) atoms. The summed E-state index contributed by atoms with van der Waals surface area (Å²) in [4.78, 5) is 4.13. The predicted octanol–water partition coefficient (Wildman–Crippen LogP) is 11.4. The average Bonchev–Trinajstić information content (AvgIpc) is 3.53. The number of hydrogen-bond donors (Lipinski definition) is 0. The van der Waals surface area contributed by atoms with Crippen molar-refractivity contribution in [3.63, 3.8) is 0 Å². The van der Waals surface area contributed by atoms with Gasteiger partial charge in [0.05, 0.1) is 40.9 Å². The molecule has 0 saturated carbocycles. The van der Waals surface area contributed by atoms with Crippen LogP contribution >= 0.6 is 46.4 Å². The molecule has 0 saturated heterocycles. The lowest BCUT2D eigenvalue weighted by Crippen LogP contribution is -2.22. The Hall–Kier alpha value is -4.10. The van der Waals surface area contributed by atoms with Gasteiger partial charge in [-0.15, -0.1) is 0 Å². The number of fused-ring (bicyclic) bond motifs is 1. The van der Waals surface area contributed by atoms with Gasteiger partial charge in [0.15, 0.2) is 0 Å². The van der Waals surface area contributed by atoms with Crippen molar-refractivity contribution in [2.45, 2.75) is 12.2 Å². The lowest BCUT2D eigenvalue weighted by molar-refractivity contribution is 0.0396. The molecule has 0 amide bonds. The van der Waals surface area contributed by atoms with E-state index in [0.29, 0.717) is 16.1 Å². The third kappa shape index (κ3) is 7.32. The maximum absolute atomic E-state index is 7.18. The minimum absolute atomic E-state index is 0.155. The highest BCUT2D eigenvalue weighted by Gasteiger charge is 2.43. The molecule has 0 aromatic heterocycles. The average molecular weight is 761 g/mol. The molecular formula is C42H38Cl4N2O3. The van der Waals surface area contributed by atoms with Gasteiger partial charge in [0, 0.05) is 50.7 Å². The van der Waals surface area contributed by atoms with Crippen LogP contribution < -0.4 is 19.3 Å². The van der Waals surface area contributed by atoms with E-state index in [0.717, 1.165) is 56.3 Å². The number of methoxy groups -OCH3 is 2. The van der Waals surface area contributed by atoms with Crippen molar-refractivity contribution in [1.29, 1.82) is 0 Å². The van der Waals surface area contributed by atoms with Crippen molar-refractivity contribution in [3.05, 3.63) is 163 Å². The fourth-order valence-corrected chi connectivity index (χ4v) is 7.36. The van der Waals surface area contributed by atoms with Crippen LogP contribution in [-0.2, 0) is 16.9 Å². The first-order valence-corrected chi connectivity index (χ1v) is 17.8. The number of ether oxygens (including phenoxy) is 3. The van der Waals surface area contributed by atoms with E-state index < -0.39 is 5.60 Å². The van der Waals surface area contributed by atoms with Gasteiger partial charge in [0.2, 0.25) is 0 Å². The van der Waals surface area contributed by atoms with Crippen LogP contribution in [0.5, 0.6) is 11.5 Å². The summed E-state index contributed by atoms with van der Waals surface area (Å²) in [7, 11) is 11.4. The predicted molar refractivity (Wildman–Crippen MR) is 215 cm³/mol. The van der Waals surface area contributed by atoms with Crippen molar-refractivity contribution in [2.24, 2.45) is 0 Å². The summed E-state index contributed by atoms with van der Waals surface area (Å²) < 4.78 is 18.0. The highest BCUT2D eigenvalue weighted by Crippen LogP contribution is 2.53. The number of nitrogens with zero attached hydrogens (tertiary/aromatic N) is 2. The molecule has 0 atom stereocenters. The third-order valence-corrected chi connectivity index (χ3v) is 11.0. The number of anilines is 2. The molecule has 0 fully saturated rings. The molecule has 1 heterocycles. The molecule has 6 rings (SSSR count). The second-order valence-electron chi connectivity index (χ2n) is 12.6. The van der Waals surface area contributed by atoms with E-state index in [9.17, 15) is 0 Å². The minimum Gasteiger partial charge on any atom is -0.497 e. The molecule has 5 nitrogen and oxygen atoms in total. The number of rotatable bonds is 10. The molecule has 0 radical (unpaired) electrons. The molecule has 0 unspecified atom stereocenters. The minimum atomic E-state index is -1.25. The smallest absolute Gasteiger partial charge is 0.134 e. The fourth-order valence-electron chi connectivity index (χ4n) is 6.27. The lowest BCUT2D eigenvalue weighted by Gasteiger charge is -2.28. The van der Waals surface area contributed by atoms with Gasteiger partial charge in [0.25, 0.3) is 0 Å². The van der Waals surface area contributed by atoms with E-state index in [1.54, 1.807) is 14.2 Å². The molecule has 1 aliphatic rings. The second kappa shape index (κ2) is 15.2. The Balaban J connectivity index is 1.71. The first-order chi connectivity index (χ1) is 24.5. The van der Waals surface area contributed by atoms with Gasteiger partial charge in [-0.2, -0.15) is 0 Å². The SMILES string of the molecule is COc1ccc(C(=CC2(C=C(c3ccc(OC)cc3)c3ccc(N(C)C)cc3)OCc3c(Cl)c(Cl)c(Cl)c(Cl)c32)c2ccc(N(C)C)cc2)cc1. The molecule has 5 aromatic carbocycles. The largest absolute Gasteiger partial charge is 0.497 e. The van der Waals surface area contributed by atoms with Gasteiger partial charge in [-0.3, -0.25) is 0 Å². The maximum Gasteiger partial charge on any atom is 0.134 e. The van der Waals surface area contributed by atoms with Gasteiger partial charge >= 0.3 is 0 Å². The number of hydrogen-bond acceptors (Lipinski definition) is 5. The van der Waals surface area contributed by atoms with Gasteiger partial charge in [-0.05, 0) is 94.1 Å². The molecular weight excluding hydrogens is 722 g/mol. The Morgan fingerprint density at radius 3 is 1.25 bits per heavy atom. The zero-order chi connectivity index (χ0) is 36.4. The topological polar surface area (TPSA) is 34.2 Å². The van der Waals surface area contributed by atoms with Crippen LogP contribution in [0.15, 0.2) is 109 Å². The van der Waals surface area contributed by atoms with Crippen molar-refractivity contribution >= 4 is 68.9 Å². The van der Waals surface area contributed by atoms with E-state index in [2.05, 4.69) is 70.5 Å². The summed E-state index contributed by atoms with van der Waals surface area (Å²) in [6.45, 7) is 0.155. The van der Waals surface area contributed by atoms with Crippen LogP contribution in [-0.4, -0.2) is 42.4 Å². The highest BCUT2D eigenvalue weighted by molar-refractivity contribution is 6.52. The van der Waals surface area contributed by atoms with Crippen LogP contribution in [0.2, 0.25) is 20.1 Å². The molecule has 0 N–H and O–H groups in total. The van der Waals surface area contributed by atoms with E-state index in [-0.39, 0.29) is 21.7 Å². The van der Waals surface area contributed by atoms with E-state index in [1.165, 1.54) is 0 Å². The Kier molecular flexibility index (Phi) is 11.0. The van der Waals surface area contributed by atoms with Crippen LogP contribution in [0, 0.1) is 0 Å². The van der Waals surface area contributed by atoms with Gasteiger partial charge in [-0.1, -0.05) is 94.9 Å². The monoisotopic (exact) mass is 758 g/mol. The van der Waals surface area contributed by atoms with Crippen molar-refractivity contribution in [1.82, 2.24) is 0 Å². The zero-order valence-corrected chi connectivity index (χ0v) is 32.3. The summed E-state index contributed by atoms with van der Waals surface area (Å²) >= 11 is 27.5. The fraction of sp³-hybridized carbons (Fsp3) is 0.190. The summed E-state index contributed by atoms with van der Waals surface area (Å²) in [6.07, 6.45) is 4.21. The Morgan fingerprint density at radius 1 is 0.549 bits per heavy atom. The van der Waals surface area contributed by atoms with E-state index >= 15 is 0 Å². The van der Waals surface area contributed by atoms with Crippen LogP contribution in [0.25, 0.3) is 11.1 Å². The van der Waals surface area contributed by atoms with E-state index in [4.69, 9.17) is 60.6 Å². The highest BCUT2D eigenvalue weighted by atomic mass is 35.5.